The van der Waals surface area contributed by atoms with Crippen LogP contribution in [0.4, 0.5) is 5.82 Å². The van der Waals surface area contributed by atoms with Gasteiger partial charge in [0.25, 0.3) is 11.8 Å². The van der Waals surface area contributed by atoms with Crippen molar-refractivity contribution in [2.45, 2.75) is 56.6 Å². The Bertz CT molecular complexity index is 2440. The largest absolute Gasteiger partial charge is 0.451 e. The minimum atomic E-state index is -1.43. The summed E-state index contributed by atoms with van der Waals surface area (Å²) in [6.07, 6.45) is -0.689. The summed E-state index contributed by atoms with van der Waals surface area (Å²) in [5.74, 6) is -2.55. The molecule has 0 spiro atoms. The van der Waals surface area contributed by atoms with Crippen LogP contribution in [0.3, 0.4) is 0 Å². The predicted octanol–water partition coefficient (Wildman–Crippen LogP) is 5.77. The maximum Gasteiger partial charge on any atom is 0.338 e. The van der Waals surface area contributed by atoms with Crippen molar-refractivity contribution >= 4 is 40.7 Å². The lowest BCUT2D eigenvalue weighted by molar-refractivity contribution is -0.137. The van der Waals surface area contributed by atoms with E-state index in [0.717, 1.165) is 37.1 Å². The number of carbonyl (C=O) groups is 4. The molecule has 4 aromatic carbocycles. The summed E-state index contributed by atoms with van der Waals surface area (Å²) < 4.78 is 20.2. The zero-order valence-corrected chi connectivity index (χ0v) is 35.0. The van der Waals surface area contributed by atoms with Crippen LogP contribution in [0.1, 0.15) is 80.8 Å². The minimum Gasteiger partial charge on any atom is -0.451 e. The number of hydrogen-bond donors (Lipinski definition) is 3. The fourth-order valence-corrected chi connectivity index (χ4v) is 8.05. The Hall–Kier alpha value is -6.97. The Morgan fingerprint density at radius 1 is 0.730 bits per heavy atom. The first-order valence-electron chi connectivity index (χ1n) is 21.4. The average Bonchev–Trinajstić information content (AvgIpc) is 3.91. The van der Waals surface area contributed by atoms with Gasteiger partial charge in [-0.1, -0.05) is 103 Å². The first-order valence-corrected chi connectivity index (χ1v) is 21.4. The summed E-state index contributed by atoms with van der Waals surface area (Å²) >= 11 is 0. The number of esters is 2. The van der Waals surface area contributed by atoms with Crippen LogP contribution >= 0.6 is 0 Å². The third-order valence-electron chi connectivity index (χ3n) is 11.2. The number of aromatic nitrogens is 4. The van der Waals surface area contributed by atoms with E-state index in [2.05, 4.69) is 45.1 Å². The number of amides is 2. The number of likely N-dealkylation sites (tertiary alicyclic amines) is 1. The van der Waals surface area contributed by atoms with Crippen molar-refractivity contribution in [2.24, 2.45) is 0 Å². The van der Waals surface area contributed by atoms with Gasteiger partial charge >= 0.3 is 11.9 Å². The molecule has 2 aromatic heterocycles. The second kappa shape index (κ2) is 20.3. The second-order valence-electron chi connectivity index (χ2n) is 15.4. The number of likely N-dealkylation sites (N-methyl/N-ethyl adjacent to an activating group) is 1. The molecule has 6 aromatic rings. The highest BCUT2D eigenvalue weighted by Crippen LogP contribution is 2.38. The Morgan fingerprint density at radius 2 is 1.30 bits per heavy atom. The number of rotatable bonds is 16. The van der Waals surface area contributed by atoms with Gasteiger partial charge in [0, 0.05) is 32.1 Å². The van der Waals surface area contributed by atoms with Crippen LogP contribution in [-0.4, -0.2) is 106 Å². The van der Waals surface area contributed by atoms with E-state index in [-0.39, 0.29) is 46.4 Å². The minimum absolute atomic E-state index is 0.112. The molecule has 4 atom stereocenters. The van der Waals surface area contributed by atoms with Gasteiger partial charge in [0.05, 0.1) is 17.5 Å². The van der Waals surface area contributed by atoms with Crippen LogP contribution in [0.25, 0.3) is 11.2 Å². The van der Waals surface area contributed by atoms with Crippen LogP contribution in [0.5, 0.6) is 0 Å². The number of benzene rings is 4. The van der Waals surface area contributed by atoms with E-state index in [1.807, 2.05) is 36.4 Å². The van der Waals surface area contributed by atoms with Crippen molar-refractivity contribution in [1.82, 2.24) is 35.1 Å². The van der Waals surface area contributed by atoms with E-state index in [4.69, 9.17) is 29.2 Å². The van der Waals surface area contributed by atoms with Gasteiger partial charge < -0.3 is 35.1 Å². The monoisotopic (exact) mass is 850 g/mol. The number of fused-ring (bicyclic) bond motifs is 1. The van der Waals surface area contributed by atoms with E-state index < -0.39 is 48.3 Å². The maximum absolute atomic E-state index is 14.0. The Kier molecular flexibility index (Phi) is 13.7. The van der Waals surface area contributed by atoms with Gasteiger partial charge in [0.2, 0.25) is 5.82 Å². The molecule has 4 heterocycles. The summed E-state index contributed by atoms with van der Waals surface area (Å²) in [5, 5.41) is 9.23. The summed E-state index contributed by atoms with van der Waals surface area (Å²) in [6.45, 7) is 5.39. The van der Waals surface area contributed by atoms with Crippen molar-refractivity contribution in [2.75, 3.05) is 44.6 Å². The zero-order valence-electron chi connectivity index (χ0n) is 35.0. The number of nitrogens with zero attached hydrogens (tertiary/aromatic N) is 5. The van der Waals surface area contributed by atoms with Crippen molar-refractivity contribution in [3.8, 4) is 0 Å². The molecule has 0 saturated carbocycles. The average molecular weight is 851 g/mol. The number of imidazole rings is 1. The number of piperidine rings is 1. The van der Waals surface area contributed by atoms with E-state index >= 15 is 0 Å². The summed E-state index contributed by atoms with van der Waals surface area (Å²) in [6, 6.07) is 36.7. The van der Waals surface area contributed by atoms with Crippen LogP contribution in [0, 0.1) is 0 Å². The number of anilines is 1. The van der Waals surface area contributed by atoms with Crippen LogP contribution in [-0.2, 0) is 19.0 Å². The van der Waals surface area contributed by atoms with Crippen molar-refractivity contribution in [3.05, 3.63) is 156 Å². The summed E-state index contributed by atoms with van der Waals surface area (Å²) in [4.78, 5) is 71.8. The normalized spacial score (nSPS) is 18.8. The van der Waals surface area contributed by atoms with Gasteiger partial charge in [-0.25, -0.2) is 24.5 Å². The van der Waals surface area contributed by atoms with Gasteiger partial charge in [-0.3, -0.25) is 14.2 Å². The first-order chi connectivity index (χ1) is 30.9. The SMILES string of the molecule is CCNC(=O)[C@H]1OC(n2cnc3c(NCC(c4ccccc4)c4ccccc4)nc(C(=O)NCCN4CCCCC4)nc32)C(OC(=O)c2ccccc2)C1OC(=O)c1ccccc1. The lowest BCUT2D eigenvalue weighted by Gasteiger charge is -2.26. The molecule has 3 N–H and O–H groups in total. The van der Waals surface area contributed by atoms with Gasteiger partial charge in [0.15, 0.2) is 41.5 Å². The molecule has 324 valence electrons. The third kappa shape index (κ3) is 10.1. The summed E-state index contributed by atoms with van der Waals surface area (Å²) in [5.41, 5.74) is 3.02. The van der Waals surface area contributed by atoms with Crippen molar-refractivity contribution < 1.29 is 33.4 Å². The molecule has 0 aliphatic carbocycles. The number of nitrogens with one attached hydrogen (secondary N) is 3. The Labute approximate surface area is 365 Å². The number of ether oxygens (including phenoxy) is 3. The molecule has 3 unspecified atom stereocenters. The number of hydrogen-bond acceptors (Lipinski definition) is 12. The summed E-state index contributed by atoms with van der Waals surface area (Å²) in [7, 11) is 0. The molecule has 0 radical (unpaired) electrons. The molecule has 2 aliphatic heterocycles. The second-order valence-corrected chi connectivity index (χ2v) is 15.4. The van der Waals surface area contributed by atoms with Crippen LogP contribution < -0.4 is 16.0 Å². The molecule has 15 nitrogen and oxygen atoms in total. The molecule has 0 bridgehead atoms. The van der Waals surface area contributed by atoms with Gasteiger partial charge in [-0.15, -0.1) is 0 Å². The molecule has 15 heteroatoms. The highest BCUT2D eigenvalue weighted by Gasteiger charge is 2.54. The molecule has 2 aliphatic rings. The fraction of sp³-hybridized carbons (Fsp3) is 0.312. The Balaban J connectivity index is 1.19. The molecule has 2 amide bonds. The number of carbonyl (C=O) groups excluding carboxylic acids is 4. The highest BCUT2D eigenvalue weighted by atomic mass is 16.6. The van der Waals surface area contributed by atoms with Gasteiger partial charge in [-0.05, 0) is 68.2 Å². The lowest BCUT2D eigenvalue weighted by atomic mass is 9.91. The van der Waals surface area contributed by atoms with E-state index in [1.54, 1.807) is 67.6 Å². The Morgan fingerprint density at radius 3 is 1.89 bits per heavy atom. The van der Waals surface area contributed by atoms with Gasteiger partial charge in [0.1, 0.15) is 0 Å². The van der Waals surface area contributed by atoms with Crippen LogP contribution in [0.15, 0.2) is 128 Å². The van der Waals surface area contributed by atoms with E-state index in [9.17, 15) is 19.2 Å². The molecule has 63 heavy (non-hydrogen) atoms. The molecule has 8 rings (SSSR count). The highest BCUT2D eigenvalue weighted by molar-refractivity contribution is 5.95. The van der Waals surface area contributed by atoms with Crippen molar-refractivity contribution in [3.63, 3.8) is 0 Å². The lowest BCUT2D eigenvalue weighted by Crippen LogP contribution is -2.46. The smallest absolute Gasteiger partial charge is 0.338 e. The predicted molar refractivity (Wildman–Crippen MR) is 235 cm³/mol. The molecule has 2 saturated heterocycles. The molecular formula is C48H50N8O7. The van der Waals surface area contributed by atoms with E-state index in [0.29, 0.717) is 19.6 Å². The maximum atomic E-state index is 14.0. The standard InChI is InChI=1S/C48H50N8O7/c1-2-49-44(57)39-38(62-47(59)34-22-12-5-13-23-34)40(63-48(60)35-24-14-6-15-25-35)46(61-39)56-31-52-37-41(51-30-36(32-18-8-3-9-19-32)33-20-10-4-11-21-33)53-42(54-43(37)56)45(58)50-26-29-55-27-16-7-17-28-55/h3-6,8-15,18-25,31,36,38-40,46H,2,7,16-17,26-30H2,1H3,(H,49,57)(H,50,58)(H,51,53,54)/t38?,39-,40?,46?/m0/s1. The van der Waals surface area contributed by atoms with Crippen LogP contribution in [0.2, 0.25) is 0 Å². The quantitative estimate of drug-likeness (QED) is 0.100. The molecule has 2 fully saturated rings. The first kappa shape index (κ1) is 42.7. The topological polar surface area (TPSA) is 179 Å². The van der Waals surface area contributed by atoms with E-state index in [1.165, 1.54) is 17.3 Å². The third-order valence-corrected chi connectivity index (χ3v) is 11.2. The fourth-order valence-electron chi connectivity index (χ4n) is 8.05. The van der Waals surface area contributed by atoms with Gasteiger partial charge in [-0.2, -0.15) is 0 Å². The van der Waals surface area contributed by atoms with Crippen molar-refractivity contribution in [1.29, 1.82) is 0 Å². The zero-order chi connectivity index (χ0) is 43.5. The molecular weight excluding hydrogens is 801 g/mol.